The number of nitrogens with zero attached hydrogens (tertiary/aromatic N) is 2. The highest BCUT2D eigenvalue weighted by atomic mass is 16.5. The summed E-state index contributed by atoms with van der Waals surface area (Å²) >= 11 is 0. The second-order valence-electron chi connectivity index (χ2n) is 8.79. The van der Waals surface area contributed by atoms with Gasteiger partial charge < -0.3 is 19.7 Å². The van der Waals surface area contributed by atoms with Gasteiger partial charge in [-0.05, 0) is 83.4 Å². The number of amides is 1. The van der Waals surface area contributed by atoms with Crippen molar-refractivity contribution < 1.29 is 14.3 Å². The number of unbranched alkanes of at least 4 members (excludes halogenated alkanes) is 1. The summed E-state index contributed by atoms with van der Waals surface area (Å²) in [4.78, 5) is 16.5. The number of benzene rings is 1. The molecule has 0 aromatic heterocycles. The van der Waals surface area contributed by atoms with Gasteiger partial charge in [-0.15, -0.1) is 0 Å². The predicted molar refractivity (Wildman–Crippen MR) is 127 cm³/mol. The maximum atomic E-state index is 11.7. The predicted octanol–water partition coefficient (Wildman–Crippen LogP) is 3.56. The first-order chi connectivity index (χ1) is 14.9. The van der Waals surface area contributed by atoms with E-state index in [2.05, 4.69) is 62.0 Å². The number of carbonyl (C=O) groups excluding carboxylic acids is 1. The standard InChI is InChI=1S/C25H43N3O3/c1-7-27(6)13-9-10-14-31-24-12-11-23(19(3)20(24)4)21(5)28-16-22(17-28)15-26-25(29)18-30-8-2/h11-12,21-22H,7-10,13-18H2,1-6H3,(H,26,29). The van der Waals surface area contributed by atoms with Gasteiger partial charge in [0, 0.05) is 38.2 Å². The van der Waals surface area contributed by atoms with Crippen LogP contribution in [0.25, 0.3) is 0 Å². The second-order valence-corrected chi connectivity index (χ2v) is 8.79. The molecule has 1 aromatic rings. The van der Waals surface area contributed by atoms with Crippen LogP contribution in [-0.4, -0.2) is 75.3 Å². The highest BCUT2D eigenvalue weighted by Gasteiger charge is 2.31. The van der Waals surface area contributed by atoms with E-state index in [1.165, 1.54) is 23.1 Å². The monoisotopic (exact) mass is 433 g/mol. The fourth-order valence-corrected chi connectivity index (χ4v) is 4.01. The highest BCUT2D eigenvalue weighted by molar-refractivity contribution is 5.77. The van der Waals surface area contributed by atoms with Gasteiger partial charge in [-0.1, -0.05) is 13.0 Å². The summed E-state index contributed by atoms with van der Waals surface area (Å²) in [6.45, 7) is 17.2. The lowest BCUT2D eigenvalue weighted by atomic mass is 9.91. The van der Waals surface area contributed by atoms with Crippen molar-refractivity contribution in [1.82, 2.24) is 15.1 Å². The smallest absolute Gasteiger partial charge is 0.246 e. The quantitative estimate of drug-likeness (QED) is 0.455. The first-order valence-corrected chi connectivity index (χ1v) is 11.9. The molecule has 6 nitrogen and oxygen atoms in total. The molecule has 1 unspecified atom stereocenters. The minimum Gasteiger partial charge on any atom is -0.493 e. The molecular weight excluding hydrogens is 390 g/mol. The van der Waals surface area contributed by atoms with E-state index in [0.717, 1.165) is 51.5 Å². The number of hydrogen-bond donors (Lipinski definition) is 1. The third kappa shape index (κ3) is 7.78. The first-order valence-electron chi connectivity index (χ1n) is 11.9. The lowest BCUT2D eigenvalue weighted by molar-refractivity contribution is -0.126. The fraction of sp³-hybridized carbons (Fsp3) is 0.720. The second kappa shape index (κ2) is 13.0. The largest absolute Gasteiger partial charge is 0.493 e. The van der Waals surface area contributed by atoms with Gasteiger partial charge in [-0.2, -0.15) is 0 Å². The number of rotatable bonds is 14. The summed E-state index contributed by atoms with van der Waals surface area (Å²) in [6.07, 6.45) is 2.25. The van der Waals surface area contributed by atoms with Gasteiger partial charge in [0.2, 0.25) is 5.91 Å². The van der Waals surface area contributed by atoms with Crippen LogP contribution in [-0.2, 0) is 9.53 Å². The van der Waals surface area contributed by atoms with Gasteiger partial charge in [0.1, 0.15) is 12.4 Å². The summed E-state index contributed by atoms with van der Waals surface area (Å²) in [7, 11) is 2.16. The molecule has 1 N–H and O–H groups in total. The van der Waals surface area contributed by atoms with Crippen molar-refractivity contribution in [2.24, 2.45) is 5.92 Å². The topological polar surface area (TPSA) is 54.0 Å². The van der Waals surface area contributed by atoms with Crippen LogP contribution in [0, 0.1) is 19.8 Å². The third-order valence-electron chi connectivity index (χ3n) is 6.52. The summed E-state index contributed by atoms with van der Waals surface area (Å²) in [5.41, 5.74) is 3.94. The Morgan fingerprint density at radius 2 is 1.97 bits per heavy atom. The van der Waals surface area contributed by atoms with Crippen molar-refractivity contribution in [2.75, 3.05) is 59.6 Å². The maximum Gasteiger partial charge on any atom is 0.246 e. The molecular formula is C25H43N3O3. The number of hydrogen-bond acceptors (Lipinski definition) is 5. The van der Waals surface area contributed by atoms with Gasteiger partial charge >= 0.3 is 0 Å². The molecule has 0 saturated carbocycles. The normalized spacial score (nSPS) is 15.7. The maximum absolute atomic E-state index is 11.7. The van der Waals surface area contributed by atoms with Crippen LogP contribution in [0.2, 0.25) is 0 Å². The van der Waals surface area contributed by atoms with Crippen LogP contribution >= 0.6 is 0 Å². The summed E-state index contributed by atoms with van der Waals surface area (Å²) in [5, 5.41) is 2.97. The van der Waals surface area contributed by atoms with E-state index >= 15 is 0 Å². The molecule has 6 heteroatoms. The molecule has 1 aliphatic heterocycles. The average molecular weight is 434 g/mol. The molecule has 1 amide bonds. The zero-order valence-corrected chi connectivity index (χ0v) is 20.5. The fourth-order valence-electron chi connectivity index (χ4n) is 4.01. The Bertz CT molecular complexity index is 689. The van der Waals surface area contributed by atoms with Crippen LogP contribution in [0.5, 0.6) is 5.75 Å². The third-order valence-corrected chi connectivity index (χ3v) is 6.52. The minimum absolute atomic E-state index is 0.0206. The lowest BCUT2D eigenvalue weighted by Crippen LogP contribution is -2.52. The molecule has 1 heterocycles. The van der Waals surface area contributed by atoms with Crippen molar-refractivity contribution in [2.45, 2.75) is 53.5 Å². The van der Waals surface area contributed by atoms with Gasteiger partial charge in [0.25, 0.3) is 0 Å². The molecule has 0 bridgehead atoms. The van der Waals surface area contributed by atoms with Gasteiger partial charge in [0.05, 0.1) is 6.61 Å². The molecule has 1 fully saturated rings. The molecule has 31 heavy (non-hydrogen) atoms. The molecule has 2 rings (SSSR count). The van der Waals surface area contributed by atoms with Gasteiger partial charge in [-0.25, -0.2) is 0 Å². The molecule has 1 saturated heterocycles. The van der Waals surface area contributed by atoms with Crippen molar-refractivity contribution in [1.29, 1.82) is 0 Å². The minimum atomic E-state index is -0.0206. The SMILES string of the molecule is CCOCC(=O)NCC1CN(C(C)c2ccc(OCCCCN(C)CC)c(C)c2C)C1. The number of nitrogens with one attached hydrogen (secondary N) is 1. The van der Waals surface area contributed by atoms with Crippen LogP contribution in [0.4, 0.5) is 0 Å². The Kier molecular flexibility index (Phi) is 10.8. The molecule has 1 atom stereocenters. The molecule has 0 aliphatic carbocycles. The summed E-state index contributed by atoms with van der Waals surface area (Å²) in [6, 6.07) is 4.73. The molecule has 1 aliphatic rings. The summed E-state index contributed by atoms with van der Waals surface area (Å²) < 4.78 is 11.2. The summed E-state index contributed by atoms with van der Waals surface area (Å²) in [5.74, 6) is 1.51. The Balaban J connectivity index is 1.78. The Morgan fingerprint density at radius 1 is 1.23 bits per heavy atom. The number of likely N-dealkylation sites (tertiary alicyclic amines) is 1. The molecule has 176 valence electrons. The van der Waals surface area contributed by atoms with Crippen molar-refractivity contribution in [3.63, 3.8) is 0 Å². The van der Waals surface area contributed by atoms with Gasteiger partial charge in [0.15, 0.2) is 0 Å². The van der Waals surface area contributed by atoms with E-state index in [-0.39, 0.29) is 12.5 Å². The zero-order chi connectivity index (χ0) is 22.8. The molecule has 1 aromatic carbocycles. The van der Waals surface area contributed by atoms with Crippen LogP contribution in [0.3, 0.4) is 0 Å². The van der Waals surface area contributed by atoms with E-state index in [9.17, 15) is 4.79 Å². The van der Waals surface area contributed by atoms with Crippen molar-refractivity contribution >= 4 is 5.91 Å². The van der Waals surface area contributed by atoms with Crippen LogP contribution in [0.1, 0.15) is 56.3 Å². The molecule has 0 radical (unpaired) electrons. The number of ether oxygens (including phenoxy) is 2. The Labute approximate surface area is 189 Å². The van der Waals surface area contributed by atoms with E-state index in [0.29, 0.717) is 18.6 Å². The number of carbonyl (C=O) groups is 1. The van der Waals surface area contributed by atoms with Crippen LogP contribution < -0.4 is 10.1 Å². The first kappa shape index (κ1) is 25.6. The van der Waals surface area contributed by atoms with E-state index < -0.39 is 0 Å². The van der Waals surface area contributed by atoms with E-state index in [4.69, 9.17) is 9.47 Å². The van der Waals surface area contributed by atoms with E-state index in [1.807, 2.05) is 6.92 Å². The van der Waals surface area contributed by atoms with Gasteiger partial charge in [-0.3, -0.25) is 9.69 Å². The Hall–Kier alpha value is -1.63. The van der Waals surface area contributed by atoms with Crippen molar-refractivity contribution in [3.05, 3.63) is 28.8 Å². The van der Waals surface area contributed by atoms with Crippen LogP contribution in [0.15, 0.2) is 12.1 Å². The average Bonchev–Trinajstić information content (AvgIpc) is 2.73. The van der Waals surface area contributed by atoms with Crippen molar-refractivity contribution in [3.8, 4) is 5.75 Å². The lowest BCUT2D eigenvalue weighted by Gasteiger charge is -2.44. The molecule has 0 spiro atoms. The Morgan fingerprint density at radius 3 is 2.65 bits per heavy atom. The zero-order valence-electron chi connectivity index (χ0n) is 20.5. The highest BCUT2D eigenvalue weighted by Crippen LogP contribution is 2.34. The van der Waals surface area contributed by atoms with E-state index in [1.54, 1.807) is 0 Å².